The van der Waals surface area contributed by atoms with Crippen molar-refractivity contribution in [2.75, 3.05) is 31.7 Å². The summed E-state index contributed by atoms with van der Waals surface area (Å²) in [6.07, 6.45) is 3.86. The third kappa shape index (κ3) is 4.05. The number of carbonyl (C=O) groups is 2. The molecule has 6 heteroatoms. The Morgan fingerprint density at radius 3 is 2.30 bits per heavy atom. The van der Waals surface area contributed by atoms with E-state index in [1.165, 1.54) is 35.4 Å². The van der Waals surface area contributed by atoms with Crippen molar-refractivity contribution in [3.05, 3.63) is 65.7 Å². The van der Waals surface area contributed by atoms with E-state index in [-0.39, 0.29) is 11.9 Å². The summed E-state index contributed by atoms with van der Waals surface area (Å²) in [5.41, 5.74) is 2.28. The molecule has 6 nitrogen and oxygen atoms in total. The Balaban J connectivity index is 1.38. The number of quaternary nitrogens is 1. The fraction of sp³-hybridized carbons (Fsp3) is 0.417. The van der Waals surface area contributed by atoms with Gasteiger partial charge in [0.2, 0.25) is 0 Å². The number of urea groups is 1. The number of hydrogen-bond acceptors (Lipinski definition) is 3. The lowest BCUT2D eigenvalue weighted by atomic mass is 9.92. The highest BCUT2D eigenvalue weighted by Gasteiger charge is 2.49. The molecular formula is C24H31N4O2+. The summed E-state index contributed by atoms with van der Waals surface area (Å²) in [4.78, 5) is 30.5. The van der Waals surface area contributed by atoms with Crippen LogP contribution in [0.3, 0.4) is 0 Å². The van der Waals surface area contributed by atoms with Crippen LogP contribution < -0.4 is 15.1 Å². The van der Waals surface area contributed by atoms with Gasteiger partial charge in [0.1, 0.15) is 12.1 Å². The van der Waals surface area contributed by atoms with Crippen molar-refractivity contribution in [2.45, 2.75) is 38.3 Å². The highest BCUT2D eigenvalue weighted by atomic mass is 16.2. The van der Waals surface area contributed by atoms with Crippen LogP contribution in [-0.2, 0) is 16.9 Å². The number of carbonyl (C=O) groups excluding carboxylic acids is 2. The Morgan fingerprint density at radius 2 is 1.63 bits per heavy atom. The first-order chi connectivity index (χ1) is 14.5. The van der Waals surface area contributed by atoms with E-state index in [1.54, 1.807) is 6.92 Å². The van der Waals surface area contributed by atoms with Gasteiger partial charge in [-0.1, -0.05) is 42.5 Å². The minimum absolute atomic E-state index is 0.196. The Morgan fingerprint density at radius 1 is 0.967 bits per heavy atom. The van der Waals surface area contributed by atoms with Crippen LogP contribution >= 0.6 is 0 Å². The summed E-state index contributed by atoms with van der Waals surface area (Å²) in [5.74, 6) is -0.196. The van der Waals surface area contributed by atoms with Crippen molar-refractivity contribution in [1.29, 1.82) is 0 Å². The lowest BCUT2D eigenvalue weighted by Crippen LogP contribution is -3.09. The molecule has 3 amide bonds. The first kappa shape index (κ1) is 20.4. The third-order valence-electron chi connectivity index (χ3n) is 6.22. The average molecular weight is 408 g/mol. The topological polar surface area (TPSA) is 57.1 Å². The average Bonchev–Trinajstić information content (AvgIpc) is 2.99. The smallest absolute Gasteiger partial charge is 0.329 e. The molecule has 4 rings (SSSR count). The Bertz CT molecular complexity index is 893. The molecule has 2 aliphatic heterocycles. The number of imide groups is 1. The molecule has 0 aliphatic carbocycles. The third-order valence-corrected chi connectivity index (χ3v) is 6.22. The van der Waals surface area contributed by atoms with Gasteiger partial charge >= 0.3 is 6.03 Å². The molecule has 2 N–H and O–H groups in total. The lowest BCUT2D eigenvalue weighted by molar-refractivity contribution is -0.901. The Hall–Kier alpha value is -2.86. The molecule has 2 heterocycles. The largest absolute Gasteiger partial charge is 0.372 e. The maximum Gasteiger partial charge on any atom is 0.329 e. The fourth-order valence-electron chi connectivity index (χ4n) is 4.46. The van der Waals surface area contributed by atoms with E-state index in [9.17, 15) is 9.59 Å². The molecule has 0 saturated carbocycles. The number of anilines is 1. The van der Waals surface area contributed by atoms with Crippen LogP contribution in [0.25, 0.3) is 0 Å². The van der Waals surface area contributed by atoms with Gasteiger partial charge in [0, 0.05) is 24.3 Å². The van der Waals surface area contributed by atoms with E-state index in [1.807, 2.05) is 37.4 Å². The standard InChI is InChI=1S/C24H30N4O2/c1-24(20-9-5-3-6-10-20)22(29)28(23(30)25-24)18-26(2)17-19-11-13-21(14-12-19)27-15-7-4-8-16-27/h3,5-6,9-14H,4,7-8,15-18H2,1-2H3,(H,25,30)/p+1/t24-/m1/s1. The van der Waals surface area contributed by atoms with Crippen molar-refractivity contribution in [3.63, 3.8) is 0 Å². The highest BCUT2D eigenvalue weighted by Crippen LogP contribution is 2.28. The van der Waals surface area contributed by atoms with Crippen LogP contribution in [0, 0.1) is 0 Å². The predicted molar refractivity (Wildman–Crippen MR) is 117 cm³/mol. The van der Waals surface area contributed by atoms with Crippen molar-refractivity contribution in [3.8, 4) is 0 Å². The van der Waals surface area contributed by atoms with Crippen molar-refractivity contribution >= 4 is 17.6 Å². The molecule has 2 aliphatic rings. The fourth-order valence-corrected chi connectivity index (χ4v) is 4.46. The molecule has 30 heavy (non-hydrogen) atoms. The number of rotatable bonds is 6. The van der Waals surface area contributed by atoms with Crippen LogP contribution in [0.4, 0.5) is 10.5 Å². The summed E-state index contributed by atoms with van der Waals surface area (Å²) < 4.78 is 0. The second-order valence-electron chi connectivity index (χ2n) is 8.66. The monoisotopic (exact) mass is 407 g/mol. The van der Waals surface area contributed by atoms with Crippen LogP contribution in [0.2, 0.25) is 0 Å². The molecule has 2 fully saturated rings. The first-order valence-corrected chi connectivity index (χ1v) is 10.8. The molecule has 0 spiro atoms. The lowest BCUT2D eigenvalue weighted by Gasteiger charge is -2.29. The molecule has 2 aromatic carbocycles. The summed E-state index contributed by atoms with van der Waals surface area (Å²) in [5, 5.41) is 2.88. The van der Waals surface area contributed by atoms with Gasteiger partial charge in [-0.05, 0) is 43.9 Å². The number of amides is 3. The van der Waals surface area contributed by atoms with Gasteiger partial charge in [-0.3, -0.25) is 4.79 Å². The second kappa shape index (κ2) is 8.48. The number of benzene rings is 2. The Labute approximate surface area is 178 Å². The Kier molecular flexibility index (Phi) is 5.77. The van der Waals surface area contributed by atoms with E-state index in [4.69, 9.17) is 0 Å². The van der Waals surface area contributed by atoms with Crippen LogP contribution in [-0.4, -0.2) is 43.6 Å². The highest BCUT2D eigenvalue weighted by molar-refractivity contribution is 6.07. The van der Waals surface area contributed by atoms with Gasteiger partial charge < -0.3 is 15.1 Å². The summed E-state index contributed by atoms with van der Waals surface area (Å²) in [6, 6.07) is 17.8. The van der Waals surface area contributed by atoms with Crippen LogP contribution in [0.5, 0.6) is 0 Å². The molecular weight excluding hydrogens is 376 g/mol. The van der Waals surface area contributed by atoms with E-state index < -0.39 is 5.54 Å². The molecule has 0 radical (unpaired) electrons. The minimum atomic E-state index is -1.01. The number of nitrogens with zero attached hydrogens (tertiary/aromatic N) is 2. The van der Waals surface area contributed by atoms with Gasteiger partial charge in [0.05, 0.1) is 7.05 Å². The molecule has 0 aromatic heterocycles. The van der Waals surface area contributed by atoms with Crippen molar-refractivity contribution in [1.82, 2.24) is 10.2 Å². The van der Waals surface area contributed by atoms with Gasteiger partial charge in [-0.2, -0.15) is 0 Å². The van der Waals surface area contributed by atoms with E-state index in [2.05, 4.69) is 34.5 Å². The predicted octanol–water partition coefficient (Wildman–Crippen LogP) is 2.12. The first-order valence-electron chi connectivity index (χ1n) is 10.8. The van der Waals surface area contributed by atoms with Gasteiger partial charge in [-0.15, -0.1) is 0 Å². The van der Waals surface area contributed by atoms with E-state index in [0.29, 0.717) is 6.67 Å². The van der Waals surface area contributed by atoms with E-state index >= 15 is 0 Å². The summed E-state index contributed by atoms with van der Waals surface area (Å²) in [7, 11) is 2.01. The summed E-state index contributed by atoms with van der Waals surface area (Å²) >= 11 is 0. The molecule has 0 bridgehead atoms. The molecule has 2 atom stereocenters. The minimum Gasteiger partial charge on any atom is -0.372 e. The zero-order chi connectivity index (χ0) is 21.1. The molecule has 2 aromatic rings. The second-order valence-corrected chi connectivity index (χ2v) is 8.66. The van der Waals surface area contributed by atoms with Crippen LogP contribution in [0.15, 0.2) is 54.6 Å². The number of hydrogen-bond donors (Lipinski definition) is 2. The quantitative estimate of drug-likeness (QED) is 0.722. The number of nitrogens with one attached hydrogen (secondary N) is 2. The zero-order valence-electron chi connectivity index (χ0n) is 17.9. The van der Waals surface area contributed by atoms with Crippen LogP contribution in [0.1, 0.15) is 37.3 Å². The van der Waals surface area contributed by atoms with Gasteiger partial charge in [0.25, 0.3) is 5.91 Å². The summed E-state index contributed by atoms with van der Waals surface area (Å²) in [6.45, 7) is 5.13. The van der Waals surface area contributed by atoms with Gasteiger partial charge in [0.15, 0.2) is 6.67 Å². The SMILES string of the molecule is C[NH+](Cc1ccc(N2CCCCC2)cc1)CN1C(=O)N[C@](C)(c2ccccc2)C1=O. The maximum atomic E-state index is 13.1. The normalized spacial score (nSPS) is 22.9. The van der Waals surface area contributed by atoms with Crippen molar-refractivity contribution in [2.24, 2.45) is 0 Å². The van der Waals surface area contributed by atoms with E-state index in [0.717, 1.165) is 30.1 Å². The molecule has 2 saturated heterocycles. The maximum absolute atomic E-state index is 13.1. The zero-order valence-corrected chi connectivity index (χ0v) is 17.9. The molecule has 158 valence electrons. The van der Waals surface area contributed by atoms with Crippen molar-refractivity contribution < 1.29 is 14.5 Å². The van der Waals surface area contributed by atoms with Gasteiger partial charge in [-0.25, -0.2) is 9.69 Å². The number of piperidine rings is 1. The molecule has 1 unspecified atom stereocenters.